The van der Waals surface area contributed by atoms with Crippen LogP contribution in [0.4, 0.5) is 5.82 Å². The highest BCUT2D eigenvalue weighted by Crippen LogP contribution is 2.53. The second kappa shape index (κ2) is 30.7. The van der Waals surface area contributed by atoms with E-state index in [0.29, 0.717) is 92.2 Å². The molecule has 0 spiro atoms. The van der Waals surface area contributed by atoms with Gasteiger partial charge >= 0.3 is 29.8 Å². The summed E-state index contributed by atoms with van der Waals surface area (Å²) < 4.78 is 19.3. The number of aliphatic imine (C=N–C) groups is 1. The zero-order valence-corrected chi connectivity index (χ0v) is 59.0. The number of unbranched alkanes of at least 4 members (excludes halogenated alkanes) is 1. The monoisotopic (exact) mass is 1240 g/mol. The summed E-state index contributed by atoms with van der Waals surface area (Å²) in [6.07, 6.45) is 8.79. The van der Waals surface area contributed by atoms with Crippen molar-refractivity contribution in [3.8, 4) is 0 Å². The third-order valence-electron chi connectivity index (χ3n) is 20.7. The normalized spacial score (nSPS) is 23.1. The Morgan fingerprint density at radius 3 is 1.47 bits per heavy atom. The Bertz CT molecular complexity index is 2730. The molecule has 2 aliphatic carbocycles. The highest BCUT2D eigenvalue weighted by Gasteiger charge is 2.51. The molecule has 5 atom stereocenters. The summed E-state index contributed by atoms with van der Waals surface area (Å²) in [6.45, 7) is 50.2. The van der Waals surface area contributed by atoms with Crippen LogP contribution in [0.1, 0.15) is 276 Å². The van der Waals surface area contributed by atoms with E-state index in [4.69, 9.17) is 19.2 Å². The second-order valence-electron chi connectivity index (χ2n) is 31.8. The lowest BCUT2D eigenvalue weighted by atomic mass is 9.59. The molecule has 502 valence electrons. The molecule has 89 heavy (non-hydrogen) atoms. The number of ether oxygens (including phenoxy) is 3. The Morgan fingerprint density at radius 2 is 1.08 bits per heavy atom. The molecule has 1 aromatic heterocycles. The number of carboxylic acids is 2. The minimum absolute atomic E-state index is 0.00577. The van der Waals surface area contributed by atoms with E-state index in [1.807, 2.05) is 61.5 Å². The highest BCUT2D eigenvalue weighted by molar-refractivity contribution is 6.26. The van der Waals surface area contributed by atoms with Gasteiger partial charge in [0.15, 0.2) is 0 Å². The first-order valence-electron chi connectivity index (χ1n) is 33.7. The number of hydrogen-bond acceptors (Lipinski definition) is 11. The Balaban J connectivity index is 2.09. The van der Waals surface area contributed by atoms with Crippen molar-refractivity contribution in [1.29, 1.82) is 0 Å². The SMILES string of the molecule is C=CC(=O)OCCCC(CC)(CC)C(=O)NC1=NC(=Cc2[nH]c(NC(=O)C(CC)(CC)CCCCC(CC(=O)O)C(=O)O)c(C(=O)OC3C(C(C)(C)C)CC(C)CC3C(C)(C)C)c2C(C)C)C(C(C)C)=C1C(=O)OC1C(C(C)(C)C)CC(C)CC1C(C)(C)C. The molecule has 1 aromatic rings. The zero-order valence-electron chi connectivity index (χ0n) is 59.0. The van der Waals surface area contributed by atoms with E-state index in [1.54, 1.807) is 0 Å². The molecule has 2 amide bonds. The smallest absolute Gasteiger partial charge is 0.342 e. The third kappa shape index (κ3) is 18.8. The summed E-state index contributed by atoms with van der Waals surface area (Å²) in [5.41, 5.74) is -0.604. The fraction of sp³-hybridized carbons (Fsp3) is 0.753. The van der Waals surface area contributed by atoms with Gasteiger partial charge in [0.05, 0.1) is 24.6 Å². The number of nitrogens with zero attached hydrogens (tertiary/aromatic N) is 1. The number of H-pyrrole nitrogens is 1. The number of anilines is 1. The van der Waals surface area contributed by atoms with Crippen molar-refractivity contribution >= 4 is 59.4 Å². The van der Waals surface area contributed by atoms with Crippen LogP contribution in [0.2, 0.25) is 0 Å². The summed E-state index contributed by atoms with van der Waals surface area (Å²) in [6, 6.07) is 0. The Kier molecular flexibility index (Phi) is 26.2. The lowest BCUT2D eigenvalue weighted by Crippen LogP contribution is -2.50. The number of aromatic nitrogens is 1. The van der Waals surface area contributed by atoms with Gasteiger partial charge in [-0.1, -0.05) is 172 Å². The van der Waals surface area contributed by atoms with Gasteiger partial charge in [-0.05, 0) is 140 Å². The van der Waals surface area contributed by atoms with Crippen molar-refractivity contribution in [2.24, 2.45) is 84.8 Å². The predicted molar refractivity (Wildman–Crippen MR) is 355 cm³/mol. The number of carbonyl (C=O) groups is 7. The van der Waals surface area contributed by atoms with Crippen molar-refractivity contribution in [2.45, 2.75) is 267 Å². The van der Waals surface area contributed by atoms with Crippen LogP contribution >= 0.6 is 0 Å². The van der Waals surface area contributed by atoms with Gasteiger partial charge in [0.25, 0.3) is 0 Å². The van der Waals surface area contributed by atoms with Crippen LogP contribution in [-0.4, -0.2) is 81.5 Å². The first-order chi connectivity index (χ1) is 41.1. The number of hydrogen-bond donors (Lipinski definition) is 5. The molecule has 2 heterocycles. The van der Waals surface area contributed by atoms with E-state index in [0.717, 1.165) is 31.8 Å². The molecule has 5 N–H and O–H groups in total. The van der Waals surface area contributed by atoms with Crippen LogP contribution in [-0.2, 0) is 43.0 Å². The van der Waals surface area contributed by atoms with Gasteiger partial charge in [0.2, 0.25) is 11.8 Å². The molecule has 16 heteroatoms. The number of allylic oxidation sites excluding steroid dienone is 1. The number of carbonyl (C=O) groups excluding carboxylic acids is 5. The molecule has 0 saturated heterocycles. The number of aliphatic carboxylic acids is 2. The van der Waals surface area contributed by atoms with Crippen molar-refractivity contribution in [1.82, 2.24) is 10.3 Å². The van der Waals surface area contributed by atoms with Gasteiger partial charge < -0.3 is 40.0 Å². The molecular weight excluding hydrogens is 1120 g/mol. The van der Waals surface area contributed by atoms with E-state index in [2.05, 4.69) is 119 Å². The lowest BCUT2D eigenvalue weighted by Gasteiger charge is -2.50. The molecule has 16 nitrogen and oxygen atoms in total. The topological polar surface area (TPSA) is 240 Å². The number of rotatable bonds is 27. The first-order valence-corrected chi connectivity index (χ1v) is 33.7. The van der Waals surface area contributed by atoms with Crippen LogP contribution in [0.25, 0.3) is 6.08 Å². The maximum absolute atomic E-state index is 15.8. The van der Waals surface area contributed by atoms with E-state index in [-0.39, 0.29) is 105 Å². The molecule has 4 rings (SSSR count). The Labute approximate surface area is 535 Å². The van der Waals surface area contributed by atoms with Gasteiger partial charge in [-0.15, -0.1) is 0 Å². The zero-order chi connectivity index (χ0) is 67.7. The molecule has 3 aliphatic rings. The number of aromatic amines is 1. The van der Waals surface area contributed by atoms with Crippen molar-refractivity contribution in [3.05, 3.63) is 46.3 Å². The largest absolute Gasteiger partial charge is 0.481 e. The Morgan fingerprint density at radius 1 is 0.640 bits per heavy atom. The average molecular weight is 1240 g/mol. The van der Waals surface area contributed by atoms with Crippen molar-refractivity contribution in [3.63, 3.8) is 0 Å². The molecule has 2 fully saturated rings. The van der Waals surface area contributed by atoms with E-state index >= 15 is 19.2 Å². The molecule has 2 saturated carbocycles. The van der Waals surface area contributed by atoms with E-state index in [9.17, 15) is 24.6 Å². The number of nitrogens with one attached hydrogen (secondary N) is 3. The van der Waals surface area contributed by atoms with Crippen LogP contribution < -0.4 is 10.6 Å². The maximum atomic E-state index is 15.8. The molecule has 1 aliphatic heterocycles. The number of amides is 2. The molecule has 0 aromatic carbocycles. The first kappa shape index (κ1) is 75.9. The summed E-state index contributed by atoms with van der Waals surface area (Å²) in [5.74, 6) is -5.54. The number of carboxylic acid groups (broad SMARTS) is 2. The molecule has 5 unspecified atom stereocenters. The predicted octanol–water partition coefficient (Wildman–Crippen LogP) is 16.7. The fourth-order valence-electron chi connectivity index (χ4n) is 14.9. The summed E-state index contributed by atoms with van der Waals surface area (Å²) in [5, 5.41) is 25.6. The van der Waals surface area contributed by atoms with Crippen LogP contribution in [0, 0.1) is 79.8 Å². The number of esters is 3. The minimum Gasteiger partial charge on any atom is -0.481 e. The molecular formula is C73H118N4O12. The second-order valence-corrected chi connectivity index (χ2v) is 31.8. The molecule has 0 radical (unpaired) electrons. The van der Waals surface area contributed by atoms with Crippen LogP contribution in [0.3, 0.4) is 0 Å². The Hall–Kier alpha value is -5.54. The van der Waals surface area contributed by atoms with Gasteiger partial charge in [-0.25, -0.2) is 19.4 Å². The van der Waals surface area contributed by atoms with Crippen LogP contribution in [0.15, 0.2) is 34.5 Å². The van der Waals surface area contributed by atoms with Gasteiger partial charge in [0.1, 0.15) is 35.0 Å². The average Bonchev–Trinajstić information content (AvgIpc) is 2.44. The van der Waals surface area contributed by atoms with Crippen molar-refractivity contribution < 1.29 is 58.0 Å². The quantitative estimate of drug-likeness (QED) is 0.0239. The van der Waals surface area contributed by atoms with E-state index in [1.165, 1.54) is 0 Å². The van der Waals surface area contributed by atoms with E-state index < -0.39 is 65.2 Å². The fourth-order valence-corrected chi connectivity index (χ4v) is 14.9. The van der Waals surface area contributed by atoms with Crippen LogP contribution in [0.5, 0.6) is 0 Å². The van der Waals surface area contributed by atoms with Gasteiger partial charge in [-0.3, -0.25) is 19.2 Å². The van der Waals surface area contributed by atoms with Gasteiger partial charge in [0, 0.05) is 46.3 Å². The highest BCUT2D eigenvalue weighted by atomic mass is 16.6. The number of amidine groups is 1. The minimum atomic E-state index is -1.19. The molecule has 0 bridgehead atoms. The van der Waals surface area contributed by atoms with Gasteiger partial charge in [-0.2, -0.15) is 0 Å². The summed E-state index contributed by atoms with van der Waals surface area (Å²) in [4.78, 5) is 106. The third-order valence-corrected chi connectivity index (χ3v) is 20.7. The lowest BCUT2D eigenvalue weighted by molar-refractivity contribution is -0.164. The maximum Gasteiger partial charge on any atom is 0.342 e. The van der Waals surface area contributed by atoms with Crippen molar-refractivity contribution in [2.75, 3.05) is 11.9 Å². The summed E-state index contributed by atoms with van der Waals surface area (Å²) >= 11 is 0. The summed E-state index contributed by atoms with van der Waals surface area (Å²) in [7, 11) is 0. The standard InChI is InChI=1S/C73H118N4O12/c1-24-54(80)87-35-31-34-73(27-4,28-5)67(86)77-62-58(65(84)89-60-49(70(18,19)20)38-45(11)39-50(60)71(21,22)23)56(43(8)9)52(75-62)41-51-55(42(6)7)57(64(83)88-59-47(68(12,13)14)36-44(10)37-48(59)69(15,16)17)61(74-51)76-66(85)72(25-2,26-3)33-30-29-32-46(63(81)82)40-53(78)79/h24,41-50,59-60,74H,1,25-40H2,2-23H3,(H,76,85)(H,78,79)(H,81,82)(H,75,77,86).